The molecule has 0 aliphatic carbocycles. The molecule has 1 rings (SSSR count). The van der Waals surface area contributed by atoms with E-state index in [-0.39, 0.29) is 24.7 Å². The third-order valence-corrected chi connectivity index (χ3v) is 2.93. The first-order valence-corrected chi connectivity index (χ1v) is 6.96. The van der Waals surface area contributed by atoms with E-state index < -0.39 is 6.03 Å². The molecule has 0 aromatic carbocycles. The Balaban J connectivity index is 2.24. The highest BCUT2D eigenvalue weighted by atomic mass is 16.5. The Bertz CT molecular complexity index is 300. The largest absolute Gasteiger partial charge is 0.373 e. The van der Waals surface area contributed by atoms with Crippen LogP contribution in [-0.2, 0) is 9.53 Å². The fraction of sp³-hybridized carbons (Fsp3) is 0.846. The van der Waals surface area contributed by atoms with Crippen molar-refractivity contribution in [2.45, 2.75) is 45.8 Å². The topological polar surface area (TPSA) is 70.7 Å². The van der Waals surface area contributed by atoms with E-state index in [0.29, 0.717) is 6.54 Å². The predicted molar refractivity (Wildman–Crippen MR) is 72.9 cm³/mol. The summed E-state index contributed by atoms with van der Waals surface area (Å²) in [4.78, 5) is 25.1. The average molecular weight is 271 g/mol. The maximum Gasteiger partial charge on any atom is 0.321 e. The molecule has 19 heavy (non-hydrogen) atoms. The third kappa shape index (κ3) is 6.54. The minimum absolute atomic E-state index is 0.120. The lowest BCUT2D eigenvalue weighted by Crippen LogP contribution is -2.50. The minimum Gasteiger partial charge on any atom is -0.373 e. The molecule has 6 heteroatoms. The van der Waals surface area contributed by atoms with Crippen molar-refractivity contribution in [3.63, 3.8) is 0 Å². The molecule has 1 aliphatic heterocycles. The van der Waals surface area contributed by atoms with Crippen molar-refractivity contribution in [1.29, 1.82) is 0 Å². The molecule has 2 atom stereocenters. The Hall–Kier alpha value is -1.14. The van der Waals surface area contributed by atoms with E-state index >= 15 is 0 Å². The number of morpholine rings is 1. The maximum absolute atomic E-state index is 11.7. The van der Waals surface area contributed by atoms with Crippen molar-refractivity contribution >= 4 is 11.9 Å². The van der Waals surface area contributed by atoms with Crippen LogP contribution in [0.4, 0.5) is 4.79 Å². The van der Waals surface area contributed by atoms with Crippen molar-refractivity contribution in [2.24, 2.45) is 0 Å². The molecule has 0 spiro atoms. The van der Waals surface area contributed by atoms with Crippen LogP contribution in [0.5, 0.6) is 0 Å². The number of carbonyl (C=O) groups excluding carboxylic acids is 2. The molecule has 2 N–H and O–H groups in total. The molecule has 0 unspecified atom stereocenters. The number of nitrogens with one attached hydrogen (secondary N) is 2. The SMILES string of the molecule is CCCCNC(=O)NC(=O)CN1C[C@H](C)O[C@@H](C)C1. The van der Waals surface area contributed by atoms with Gasteiger partial charge in [0.1, 0.15) is 0 Å². The quantitative estimate of drug-likeness (QED) is 0.723. The van der Waals surface area contributed by atoms with Crippen LogP contribution in [-0.4, -0.2) is 55.2 Å². The van der Waals surface area contributed by atoms with Crippen LogP contribution in [0.3, 0.4) is 0 Å². The van der Waals surface area contributed by atoms with Gasteiger partial charge in [-0.05, 0) is 20.3 Å². The van der Waals surface area contributed by atoms with Crippen molar-refractivity contribution < 1.29 is 14.3 Å². The Labute approximate surface area is 114 Å². The second kappa shape index (κ2) is 8.12. The van der Waals surface area contributed by atoms with E-state index in [1.54, 1.807) is 0 Å². The van der Waals surface area contributed by atoms with Crippen molar-refractivity contribution in [2.75, 3.05) is 26.2 Å². The number of hydrogen-bond acceptors (Lipinski definition) is 4. The summed E-state index contributed by atoms with van der Waals surface area (Å²) in [5.74, 6) is -0.268. The molecule has 1 saturated heterocycles. The molecular formula is C13H25N3O3. The number of amides is 3. The summed E-state index contributed by atoms with van der Waals surface area (Å²) in [5, 5.41) is 5.00. The van der Waals surface area contributed by atoms with Gasteiger partial charge in [-0.2, -0.15) is 0 Å². The first-order chi connectivity index (χ1) is 9.01. The van der Waals surface area contributed by atoms with Crippen LogP contribution in [0.25, 0.3) is 0 Å². The number of imide groups is 1. The fourth-order valence-electron chi connectivity index (χ4n) is 2.21. The Morgan fingerprint density at radius 2 is 1.89 bits per heavy atom. The second-order valence-electron chi connectivity index (χ2n) is 5.11. The fourth-order valence-corrected chi connectivity index (χ4v) is 2.21. The molecule has 3 amide bonds. The smallest absolute Gasteiger partial charge is 0.321 e. The van der Waals surface area contributed by atoms with E-state index in [4.69, 9.17) is 4.74 Å². The zero-order chi connectivity index (χ0) is 14.3. The minimum atomic E-state index is -0.409. The zero-order valence-corrected chi connectivity index (χ0v) is 12.1. The van der Waals surface area contributed by atoms with Crippen LogP contribution < -0.4 is 10.6 Å². The number of unbranched alkanes of at least 4 members (excludes halogenated alkanes) is 1. The normalized spacial score (nSPS) is 23.9. The van der Waals surface area contributed by atoms with E-state index in [2.05, 4.69) is 10.6 Å². The summed E-state index contributed by atoms with van der Waals surface area (Å²) in [7, 11) is 0. The number of carbonyl (C=O) groups is 2. The molecule has 0 bridgehead atoms. The van der Waals surface area contributed by atoms with Crippen LogP contribution in [0.1, 0.15) is 33.6 Å². The molecule has 0 aromatic heterocycles. The number of urea groups is 1. The summed E-state index contributed by atoms with van der Waals surface area (Å²) in [6.45, 7) is 8.28. The lowest BCUT2D eigenvalue weighted by atomic mass is 10.2. The number of rotatable bonds is 5. The Morgan fingerprint density at radius 1 is 1.26 bits per heavy atom. The molecule has 0 radical (unpaired) electrons. The highest BCUT2D eigenvalue weighted by molar-refractivity contribution is 5.95. The standard InChI is InChI=1S/C13H25N3O3/c1-4-5-6-14-13(18)15-12(17)9-16-7-10(2)19-11(3)8-16/h10-11H,4-9H2,1-3H3,(H2,14,15,17,18)/t10-,11-/m0/s1. The lowest BCUT2D eigenvalue weighted by molar-refractivity contribution is -0.124. The average Bonchev–Trinajstić information content (AvgIpc) is 2.27. The van der Waals surface area contributed by atoms with Gasteiger partial charge in [0.25, 0.3) is 0 Å². The van der Waals surface area contributed by atoms with Crippen molar-refractivity contribution in [3.8, 4) is 0 Å². The van der Waals surface area contributed by atoms with E-state index in [9.17, 15) is 9.59 Å². The van der Waals surface area contributed by atoms with E-state index in [1.807, 2.05) is 25.7 Å². The molecular weight excluding hydrogens is 246 g/mol. The van der Waals surface area contributed by atoms with Crippen LogP contribution in [0.2, 0.25) is 0 Å². The number of hydrogen-bond donors (Lipinski definition) is 2. The molecule has 0 aromatic rings. The van der Waals surface area contributed by atoms with E-state index in [1.165, 1.54) is 0 Å². The van der Waals surface area contributed by atoms with E-state index in [0.717, 1.165) is 25.9 Å². The third-order valence-electron chi connectivity index (χ3n) is 2.93. The molecule has 6 nitrogen and oxygen atoms in total. The first-order valence-electron chi connectivity index (χ1n) is 6.96. The zero-order valence-electron chi connectivity index (χ0n) is 12.1. The van der Waals surface area contributed by atoms with Gasteiger partial charge in [0, 0.05) is 19.6 Å². The number of nitrogens with zero attached hydrogens (tertiary/aromatic N) is 1. The highest BCUT2D eigenvalue weighted by Gasteiger charge is 2.24. The summed E-state index contributed by atoms with van der Waals surface area (Å²) in [6, 6.07) is -0.409. The van der Waals surface area contributed by atoms with Gasteiger partial charge in [0.15, 0.2) is 0 Å². The van der Waals surface area contributed by atoms with Crippen LogP contribution in [0, 0.1) is 0 Å². The molecule has 0 saturated carbocycles. The van der Waals surface area contributed by atoms with Gasteiger partial charge in [-0.1, -0.05) is 13.3 Å². The predicted octanol–water partition coefficient (Wildman–Crippen LogP) is 0.722. The molecule has 1 heterocycles. The van der Waals surface area contributed by atoms with Gasteiger partial charge in [0.05, 0.1) is 18.8 Å². The van der Waals surface area contributed by atoms with Gasteiger partial charge in [-0.15, -0.1) is 0 Å². The van der Waals surface area contributed by atoms with Gasteiger partial charge >= 0.3 is 6.03 Å². The van der Waals surface area contributed by atoms with Gasteiger partial charge in [-0.25, -0.2) is 4.79 Å². The summed E-state index contributed by atoms with van der Waals surface area (Å²) >= 11 is 0. The maximum atomic E-state index is 11.7. The Kier molecular flexibility index (Phi) is 6.80. The Morgan fingerprint density at radius 3 is 2.47 bits per heavy atom. The summed E-state index contributed by atoms with van der Waals surface area (Å²) < 4.78 is 5.59. The number of ether oxygens (including phenoxy) is 1. The van der Waals surface area contributed by atoms with Crippen molar-refractivity contribution in [1.82, 2.24) is 15.5 Å². The summed E-state index contributed by atoms with van der Waals surface area (Å²) in [5.41, 5.74) is 0. The second-order valence-corrected chi connectivity index (χ2v) is 5.11. The van der Waals surface area contributed by atoms with Crippen LogP contribution >= 0.6 is 0 Å². The van der Waals surface area contributed by atoms with Gasteiger partial charge in [-0.3, -0.25) is 15.0 Å². The summed E-state index contributed by atoms with van der Waals surface area (Å²) in [6.07, 6.45) is 2.17. The first kappa shape index (κ1) is 15.9. The van der Waals surface area contributed by atoms with Gasteiger partial charge in [0.2, 0.25) is 5.91 Å². The van der Waals surface area contributed by atoms with Gasteiger partial charge < -0.3 is 10.1 Å². The monoisotopic (exact) mass is 271 g/mol. The van der Waals surface area contributed by atoms with Crippen molar-refractivity contribution in [3.05, 3.63) is 0 Å². The molecule has 1 aliphatic rings. The highest BCUT2D eigenvalue weighted by Crippen LogP contribution is 2.09. The molecule has 1 fully saturated rings. The molecule has 110 valence electrons. The van der Waals surface area contributed by atoms with Crippen LogP contribution in [0.15, 0.2) is 0 Å². The lowest BCUT2D eigenvalue weighted by Gasteiger charge is -2.34.